The Hall–Kier alpha value is -3.13. The number of ether oxygens (including phenoxy) is 1. The Morgan fingerprint density at radius 3 is 2.88 bits per heavy atom. The van der Waals surface area contributed by atoms with E-state index in [1.165, 1.54) is 30.3 Å². The Kier molecular flexibility index (Phi) is 4.53. The van der Waals surface area contributed by atoms with Gasteiger partial charge in [0.25, 0.3) is 11.6 Å². The largest absolute Gasteiger partial charge is 0.482 e. The number of benzene rings is 2. The fraction of sp³-hybridized carbons (Fsp3) is 0.125. The van der Waals surface area contributed by atoms with Gasteiger partial charge in [-0.15, -0.1) is 0 Å². The average molecular weight is 362 g/mol. The molecule has 128 valence electrons. The van der Waals surface area contributed by atoms with Crippen LogP contribution in [0.4, 0.5) is 17.1 Å². The van der Waals surface area contributed by atoms with Crippen LogP contribution in [0, 0.1) is 10.1 Å². The number of nitro groups is 1. The highest BCUT2D eigenvalue weighted by molar-refractivity contribution is 6.34. The molecule has 2 aromatic rings. The number of nitro benzene ring substituents is 1. The summed E-state index contributed by atoms with van der Waals surface area (Å²) in [4.78, 5) is 34.0. The van der Waals surface area contributed by atoms with Crippen molar-refractivity contribution in [2.75, 3.05) is 17.2 Å². The van der Waals surface area contributed by atoms with Crippen molar-refractivity contribution >= 4 is 40.5 Å². The summed E-state index contributed by atoms with van der Waals surface area (Å²) in [7, 11) is 0. The number of anilines is 2. The molecule has 8 nitrogen and oxygen atoms in total. The first-order chi connectivity index (χ1) is 11.9. The molecule has 25 heavy (non-hydrogen) atoms. The summed E-state index contributed by atoms with van der Waals surface area (Å²) in [5.74, 6) is -0.377. The number of carbonyl (C=O) groups is 2. The van der Waals surface area contributed by atoms with Crippen molar-refractivity contribution in [2.45, 2.75) is 6.42 Å². The minimum atomic E-state index is -0.537. The zero-order valence-corrected chi connectivity index (χ0v) is 13.5. The molecule has 0 bridgehead atoms. The number of hydrogen-bond donors (Lipinski definition) is 2. The van der Waals surface area contributed by atoms with Gasteiger partial charge in [-0.05, 0) is 6.07 Å². The van der Waals surface area contributed by atoms with E-state index in [4.69, 9.17) is 16.3 Å². The Balaban J connectivity index is 1.78. The molecule has 0 saturated carbocycles. The molecule has 0 radical (unpaired) electrons. The number of halogens is 1. The van der Waals surface area contributed by atoms with Crippen LogP contribution in [0.3, 0.4) is 0 Å². The van der Waals surface area contributed by atoms with Gasteiger partial charge < -0.3 is 15.4 Å². The van der Waals surface area contributed by atoms with Crippen LogP contribution in [-0.4, -0.2) is 23.3 Å². The van der Waals surface area contributed by atoms with Crippen molar-refractivity contribution in [3.05, 3.63) is 57.1 Å². The minimum Gasteiger partial charge on any atom is -0.482 e. The molecule has 1 heterocycles. The van der Waals surface area contributed by atoms with Crippen molar-refractivity contribution in [2.24, 2.45) is 0 Å². The molecule has 2 aromatic carbocycles. The highest BCUT2D eigenvalue weighted by atomic mass is 35.5. The smallest absolute Gasteiger partial charge is 0.273 e. The summed E-state index contributed by atoms with van der Waals surface area (Å²) in [6, 6.07) is 8.97. The highest BCUT2D eigenvalue weighted by Crippen LogP contribution is 2.36. The molecule has 0 fully saturated rings. The van der Waals surface area contributed by atoms with E-state index < -0.39 is 10.8 Å². The molecular formula is C16H12ClN3O5. The summed E-state index contributed by atoms with van der Waals surface area (Å²) in [5.41, 5.74) is 0.876. The van der Waals surface area contributed by atoms with Gasteiger partial charge in [0.05, 0.1) is 27.7 Å². The van der Waals surface area contributed by atoms with Gasteiger partial charge in [0, 0.05) is 17.7 Å². The number of fused-ring (bicyclic) bond motifs is 1. The van der Waals surface area contributed by atoms with Crippen molar-refractivity contribution < 1.29 is 19.2 Å². The van der Waals surface area contributed by atoms with Gasteiger partial charge in [0.2, 0.25) is 5.91 Å². The predicted octanol–water partition coefficient (Wildman–Crippen LogP) is 2.76. The number of amides is 2. The van der Waals surface area contributed by atoms with Gasteiger partial charge in [-0.1, -0.05) is 29.8 Å². The zero-order valence-electron chi connectivity index (χ0n) is 12.7. The van der Waals surface area contributed by atoms with Crippen molar-refractivity contribution in [3.63, 3.8) is 0 Å². The Morgan fingerprint density at radius 1 is 1.36 bits per heavy atom. The first kappa shape index (κ1) is 16.7. The number of nitrogens with one attached hydrogen (secondary N) is 2. The molecule has 1 aliphatic heterocycles. The van der Waals surface area contributed by atoms with E-state index >= 15 is 0 Å². The zero-order chi connectivity index (χ0) is 18.0. The maximum absolute atomic E-state index is 12.2. The molecule has 0 atom stereocenters. The molecule has 0 aromatic heterocycles. The lowest BCUT2D eigenvalue weighted by Gasteiger charge is -2.19. The van der Waals surface area contributed by atoms with Crippen LogP contribution in [-0.2, 0) is 16.0 Å². The number of para-hydroxylation sites is 1. The van der Waals surface area contributed by atoms with E-state index in [1.54, 1.807) is 6.07 Å². The topological polar surface area (TPSA) is 111 Å². The van der Waals surface area contributed by atoms with Crippen LogP contribution in [0.15, 0.2) is 36.4 Å². The molecule has 2 N–H and O–H groups in total. The molecule has 2 amide bonds. The van der Waals surface area contributed by atoms with Gasteiger partial charge in [0.1, 0.15) is 5.75 Å². The summed E-state index contributed by atoms with van der Waals surface area (Å²) in [6.07, 6.45) is -0.178. The van der Waals surface area contributed by atoms with Gasteiger partial charge in [-0.3, -0.25) is 19.7 Å². The molecule has 0 unspecified atom stereocenters. The van der Waals surface area contributed by atoms with Gasteiger partial charge in [-0.2, -0.15) is 0 Å². The summed E-state index contributed by atoms with van der Waals surface area (Å²) in [5, 5.41) is 16.4. The monoisotopic (exact) mass is 361 g/mol. The second-order valence-electron chi connectivity index (χ2n) is 5.28. The maximum atomic E-state index is 12.2. The molecule has 9 heteroatoms. The molecule has 3 rings (SSSR count). The normalized spacial score (nSPS) is 12.6. The Labute approximate surface area is 146 Å². The van der Waals surface area contributed by atoms with Crippen LogP contribution in [0.1, 0.15) is 5.56 Å². The van der Waals surface area contributed by atoms with Crippen LogP contribution in [0.2, 0.25) is 5.02 Å². The molecule has 0 aliphatic carbocycles. The lowest BCUT2D eigenvalue weighted by Crippen LogP contribution is -2.25. The van der Waals surface area contributed by atoms with E-state index in [2.05, 4.69) is 10.6 Å². The number of carbonyl (C=O) groups excluding carboxylic acids is 2. The third-order valence-corrected chi connectivity index (χ3v) is 3.83. The van der Waals surface area contributed by atoms with Crippen molar-refractivity contribution in [3.8, 4) is 5.75 Å². The quantitative estimate of drug-likeness (QED) is 0.642. The highest BCUT2D eigenvalue weighted by Gasteiger charge is 2.20. The number of nitrogens with zero attached hydrogens (tertiary/aromatic N) is 1. The van der Waals surface area contributed by atoms with Gasteiger partial charge in [-0.25, -0.2) is 0 Å². The summed E-state index contributed by atoms with van der Waals surface area (Å²) in [6.45, 7) is -0.127. The van der Waals surface area contributed by atoms with Gasteiger partial charge >= 0.3 is 0 Å². The molecular weight excluding hydrogens is 350 g/mol. The van der Waals surface area contributed by atoms with E-state index in [0.29, 0.717) is 22.7 Å². The van der Waals surface area contributed by atoms with Crippen LogP contribution >= 0.6 is 11.6 Å². The Bertz CT molecular complexity index is 884. The standard InChI is InChI=1S/C16H12ClN3O5/c17-10-6-12-14(25-8-16(22)19-12)7-11(10)18-15(21)5-9-3-1-2-4-13(9)20(23)24/h1-4,6-7H,5,8H2,(H,18,21)(H,19,22). The van der Waals surface area contributed by atoms with E-state index in [9.17, 15) is 19.7 Å². The number of hydrogen-bond acceptors (Lipinski definition) is 5. The fourth-order valence-electron chi connectivity index (χ4n) is 2.40. The van der Waals surface area contributed by atoms with Crippen LogP contribution in [0.5, 0.6) is 5.75 Å². The first-order valence-electron chi connectivity index (χ1n) is 7.22. The number of rotatable bonds is 4. The summed E-state index contributed by atoms with van der Waals surface area (Å²) < 4.78 is 5.27. The Morgan fingerprint density at radius 2 is 2.12 bits per heavy atom. The fourth-order valence-corrected chi connectivity index (χ4v) is 2.61. The maximum Gasteiger partial charge on any atom is 0.273 e. The van der Waals surface area contributed by atoms with E-state index in [0.717, 1.165) is 0 Å². The average Bonchev–Trinajstić information content (AvgIpc) is 2.56. The molecule has 1 aliphatic rings. The summed E-state index contributed by atoms with van der Waals surface area (Å²) >= 11 is 6.11. The molecule has 0 spiro atoms. The second-order valence-corrected chi connectivity index (χ2v) is 5.68. The SMILES string of the molecule is O=C(Cc1ccccc1[N+](=O)[O-])Nc1cc2c(cc1Cl)NC(=O)CO2. The van der Waals surface area contributed by atoms with Crippen molar-refractivity contribution in [1.82, 2.24) is 0 Å². The van der Waals surface area contributed by atoms with Crippen LogP contribution < -0.4 is 15.4 Å². The lowest BCUT2D eigenvalue weighted by molar-refractivity contribution is -0.385. The third-order valence-electron chi connectivity index (χ3n) is 3.52. The first-order valence-corrected chi connectivity index (χ1v) is 7.60. The van der Waals surface area contributed by atoms with Gasteiger partial charge in [0.15, 0.2) is 6.61 Å². The molecule has 0 saturated heterocycles. The van der Waals surface area contributed by atoms with Crippen molar-refractivity contribution in [1.29, 1.82) is 0 Å². The van der Waals surface area contributed by atoms with E-state index in [-0.39, 0.29) is 29.6 Å². The third kappa shape index (κ3) is 3.69. The minimum absolute atomic E-state index is 0.125. The van der Waals surface area contributed by atoms with E-state index in [1.807, 2.05) is 0 Å². The lowest BCUT2D eigenvalue weighted by atomic mass is 10.1. The second kappa shape index (κ2) is 6.78. The predicted molar refractivity (Wildman–Crippen MR) is 91.0 cm³/mol. The van der Waals surface area contributed by atoms with Crippen LogP contribution in [0.25, 0.3) is 0 Å².